The van der Waals surface area contributed by atoms with Crippen molar-refractivity contribution in [2.75, 3.05) is 19.4 Å². The second kappa shape index (κ2) is 5.38. The van der Waals surface area contributed by atoms with Crippen LogP contribution >= 0.6 is 7.60 Å². The Bertz CT molecular complexity index is 235. The molecular formula is C9H15O3P. The lowest BCUT2D eigenvalue weighted by atomic mass is 10.4. The van der Waals surface area contributed by atoms with Crippen LogP contribution in [-0.4, -0.2) is 19.4 Å². The Hall–Kier alpha value is -0.370. The SMILES string of the molecule is C=CCCOP1(=O)CC=CCCO1. The topological polar surface area (TPSA) is 35.5 Å². The van der Waals surface area contributed by atoms with Gasteiger partial charge in [0.05, 0.1) is 19.4 Å². The van der Waals surface area contributed by atoms with Gasteiger partial charge in [0.2, 0.25) is 0 Å². The maximum atomic E-state index is 11.8. The zero-order valence-corrected chi connectivity index (χ0v) is 8.54. The van der Waals surface area contributed by atoms with Crippen molar-refractivity contribution >= 4 is 7.60 Å². The maximum absolute atomic E-state index is 11.8. The molecule has 0 saturated carbocycles. The molecule has 0 fully saturated rings. The zero-order valence-electron chi connectivity index (χ0n) is 7.65. The van der Waals surface area contributed by atoms with Crippen LogP contribution in [0.15, 0.2) is 24.8 Å². The second-order valence-electron chi connectivity index (χ2n) is 2.80. The Kier molecular flexibility index (Phi) is 4.43. The third-order valence-electron chi connectivity index (χ3n) is 1.68. The summed E-state index contributed by atoms with van der Waals surface area (Å²) in [7, 11) is -2.82. The van der Waals surface area contributed by atoms with Crippen molar-refractivity contribution in [2.45, 2.75) is 12.8 Å². The molecule has 1 rings (SSSR count). The number of hydrogen-bond acceptors (Lipinski definition) is 3. The predicted molar refractivity (Wildman–Crippen MR) is 52.9 cm³/mol. The summed E-state index contributed by atoms with van der Waals surface area (Å²) in [5, 5.41) is 0. The molecular weight excluding hydrogens is 187 g/mol. The van der Waals surface area contributed by atoms with Gasteiger partial charge in [-0.25, -0.2) is 0 Å². The quantitative estimate of drug-likeness (QED) is 0.399. The average molecular weight is 202 g/mol. The van der Waals surface area contributed by atoms with Crippen LogP contribution in [0.1, 0.15) is 12.8 Å². The molecule has 74 valence electrons. The third kappa shape index (κ3) is 3.90. The normalized spacial score (nSPS) is 28.3. The summed E-state index contributed by atoms with van der Waals surface area (Å²) in [6, 6.07) is 0. The molecule has 1 aliphatic rings. The molecule has 0 saturated heterocycles. The molecule has 0 aromatic carbocycles. The summed E-state index contributed by atoms with van der Waals surface area (Å²) in [5.74, 6) is 0. The van der Waals surface area contributed by atoms with Crippen molar-refractivity contribution in [1.82, 2.24) is 0 Å². The van der Waals surface area contributed by atoms with Crippen LogP contribution < -0.4 is 0 Å². The van der Waals surface area contributed by atoms with Crippen LogP contribution in [0.4, 0.5) is 0 Å². The molecule has 0 aromatic heterocycles. The number of allylic oxidation sites excluding steroid dienone is 1. The minimum Gasteiger partial charge on any atom is -0.308 e. The van der Waals surface area contributed by atoms with E-state index in [0.29, 0.717) is 25.8 Å². The molecule has 0 spiro atoms. The summed E-state index contributed by atoms with van der Waals surface area (Å²) in [6.45, 7) is 4.47. The van der Waals surface area contributed by atoms with Crippen molar-refractivity contribution < 1.29 is 13.6 Å². The summed E-state index contributed by atoms with van der Waals surface area (Å²) in [4.78, 5) is 0. The summed E-state index contributed by atoms with van der Waals surface area (Å²) >= 11 is 0. The molecule has 1 atom stereocenters. The molecule has 3 nitrogen and oxygen atoms in total. The Morgan fingerprint density at radius 3 is 3.23 bits per heavy atom. The van der Waals surface area contributed by atoms with E-state index in [1.165, 1.54) is 0 Å². The molecule has 0 amide bonds. The fourth-order valence-corrected chi connectivity index (χ4v) is 2.46. The fraction of sp³-hybridized carbons (Fsp3) is 0.556. The van der Waals surface area contributed by atoms with Crippen LogP contribution in [0.5, 0.6) is 0 Å². The Morgan fingerprint density at radius 2 is 2.46 bits per heavy atom. The smallest absolute Gasteiger partial charge is 0.308 e. The highest BCUT2D eigenvalue weighted by Gasteiger charge is 2.23. The predicted octanol–water partition coefficient (Wildman–Crippen LogP) is 2.75. The van der Waals surface area contributed by atoms with Crippen LogP contribution in [0, 0.1) is 0 Å². The Morgan fingerprint density at radius 1 is 1.62 bits per heavy atom. The highest BCUT2D eigenvalue weighted by Crippen LogP contribution is 2.49. The van der Waals surface area contributed by atoms with Crippen molar-refractivity contribution in [3.05, 3.63) is 24.8 Å². The van der Waals surface area contributed by atoms with Gasteiger partial charge >= 0.3 is 7.60 Å². The summed E-state index contributed by atoms with van der Waals surface area (Å²) in [5.41, 5.74) is 0. The second-order valence-corrected chi connectivity index (χ2v) is 4.90. The molecule has 1 aliphatic heterocycles. The van der Waals surface area contributed by atoms with Gasteiger partial charge in [-0.2, -0.15) is 0 Å². The molecule has 1 unspecified atom stereocenters. The molecule has 1 heterocycles. The van der Waals surface area contributed by atoms with Gasteiger partial charge in [0, 0.05) is 0 Å². The van der Waals surface area contributed by atoms with Gasteiger partial charge in [-0.15, -0.1) is 6.58 Å². The minimum atomic E-state index is -2.82. The Balaban J connectivity index is 2.39. The van der Waals surface area contributed by atoms with Crippen LogP contribution in [0.25, 0.3) is 0 Å². The highest BCUT2D eigenvalue weighted by atomic mass is 31.2. The molecule has 13 heavy (non-hydrogen) atoms. The van der Waals surface area contributed by atoms with Crippen molar-refractivity contribution in [2.24, 2.45) is 0 Å². The van der Waals surface area contributed by atoms with E-state index >= 15 is 0 Å². The van der Waals surface area contributed by atoms with E-state index in [-0.39, 0.29) is 0 Å². The largest absolute Gasteiger partial charge is 0.334 e. The van der Waals surface area contributed by atoms with Crippen molar-refractivity contribution in [1.29, 1.82) is 0 Å². The first-order valence-electron chi connectivity index (χ1n) is 4.41. The molecule has 0 radical (unpaired) electrons. The van der Waals surface area contributed by atoms with E-state index < -0.39 is 7.60 Å². The standard InChI is InChI=1S/C9H15O3P/c1-2-3-7-11-13(10)9-6-4-5-8-12-13/h2,4,6H,1,3,5,7-9H2. The monoisotopic (exact) mass is 202 g/mol. The summed E-state index contributed by atoms with van der Waals surface area (Å²) < 4.78 is 22.2. The molecule has 4 heteroatoms. The van der Waals surface area contributed by atoms with Gasteiger partial charge in [-0.05, 0) is 12.8 Å². The van der Waals surface area contributed by atoms with Gasteiger partial charge in [-0.3, -0.25) is 4.57 Å². The van der Waals surface area contributed by atoms with E-state index in [0.717, 1.165) is 6.42 Å². The third-order valence-corrected chi connectivity index (χ3v) is 3.49. The molecule has 0 bridgehead atoms. The average Bonchev–Trinajstić information content (AvgIpc) is 2.31. The maximum Gasteiger partial charge on any atom is 0.334 e. The van der Waals surface area contributed by atoms with Crippen molar-refractivity contribution in [3.63, 3.8) is 0 Å². The van der Waals surface area contributed by atoms with E-state index in [4.69, 9.17) is 9.05 Å². The number of hydrogen-bond donors (Lipinski definition) is 0. The molecule has 0 N–H and O–H groups in total. The molecule has 0 aliphatic carbocycles. The van der Waals surface area contributed by atoms with Crippen LogP contribution in [0.2, 0.25) is 0 Å². The van der Waals surface area contributed by atoms with Crippen LogP contribution in [0.3, 0.4) is 0 Å². The van der Waals surface area contributed by atoms with E-state index in [1.54, 1.807) is 6.08 Å². The van der Waals surface area contributed by atoms with Gasteiger partial charge < -0.3 is 9.05 Å². The van der Waals surface area contributed by atoms with Gasteiger partial charge in [0.15, 0.2) is 0 Å². The lowest BCUT2D eigenvalue weighted by molar-refractivity contribution is 0.213. The van der Waals surface area contributed by atoms with E-state index in [2.05, 4.69) is 6.58 Å². The zero-order chi connectivity index (χ0) is 9.57. The lowest BCUT2D eigenvalue weighted by Gasteiger charge is -2.14. The van der Waals surface area contributed by atoms with Gasteiger partial charge in [0.25, 0.3) is 0 Å². The fourth-order valence-electron chi connectivity index (χ4n) is 0.999. The Labute approximate surface area is 79.0 Å². The van der Waals surface area contributed by atoms with E-state index in [9.17, 15) is 4.57 Å². The first-order chi connectivity index (χ1) is 6.27. The van der Waals surface area contributed by atoms with Gasteiger partial charge in [0.1, 0.15) is 0 Å². The van der Waals surface area contributed by atoms with Crippen molar-refractivity contribution in [3.8, 4) is 0 Å². The lowest BCUT2D eigenvalue weighted by Crippen LogP contribution is -1.98. The summed E-state index contributed by atoms with van der Waals surface area (Å²) in [6.07, 6.45) is 7.48. The number of rotatable bonds is 4. The first kappa shape index (κ1) is 10.7. The highest BCUT2D eigenvalue weighted by molar-refractivity contribution is 7.54. The van der Waals surface area contributed by atoms with Gasteiger partial charge in [-0.1, -0.05) is 18.2 Å². The van der Waals surface area contributed by atoms with E-state index in [1.807, 2.05) is 12.2 Å². The first-order valence-corrected chi connectivity index (χ1v) is 6.14. The minimum absolute atomic E-state index is 0.393. The molecule has 0 aromatic rings. The van der Waals surface area contributed by atoms with Crippen LogP contribution in [-0.2, 0) is 13.6 Å².